The minimum absolute atomic E-state index is 0.270. The zero-order valence-electron chi connectivity index (χ0n) is 16.6. The van der Waals surface area contributed by atoms with Crippen molar-refractivity contribution in [3.8, 4) is 5.75 Å². The molecule has 0 saturated carbocycles. The maximum atomic E-state index is 12.8. The first kappa shape index (κ1) is 20.3. The molecule has 0 aromatic heterocycles. The topological polar surface area (TPSA) is 68.2 Å². The van der Waals surface area contributed by atoms with E-state index in [0.717, 1.165) is 29.0 Å². The van der Waals surface area contributed by atoms with Crippen LogP contribution in [0, 0.1) is 0 Å². The third-order valence-corrected chi connectivity index (χ3v) is 4.60. The Morgan fingerprint density at radius 2 is 1.86 bits per heavy atom. The molecular formula is C23H24N2O4. The van der Waals surface area contributed by atoms with E-state index in [9.17, 15) is 9.59 Å². The smallest absolute Gasteiger partial charge is 0.330 e. The van der Waals surface area contributed by atoms with Crippen LogP contribution in [0.25, 0.3) is 0 Å². The molecule has 1 aliphatic rings. The van der Waals surface area contributed by atoms with E-state index < -0.39 is 5.97 Å². The number of ether oxygens (including phenoxy) is 2. The van der Waals surface area contributed by atoms with Crippen molar-refractivity contribution >= 4 is 17.6 Å². The Bertz CT molecular complexity index is 904. The van der Waals surface area contributed by atoms with Crippen molar-refractivity contribution in [3.63, 3.8) is 0 Å². The number of rotatable bonds is 7. The summed E-state index contributed by atoms with van der Waals surface area (Å²) in [4.78, 5) is 24.5. The lowest BCUT2D eigenvalue weighted by Crippen LogP contribution is -2.31. The fourth-order valence-corrected chi connectivity index (χ4v) is 3.09. The standard InChI is InChI=1S/C23H24N2O4/c1-3-4-10-23(27)29-16-22(26)25-21(18-11-13-19(28-2)14-12-18)15-20(24-25)17-8-6-5-7-9-17/h4-14,21H,3,15-16H2,1-2H3/b10-4+. The highest BCUT2D eigenvalue weighted by Gasteiger charge is 2.33. The normalized spacial score (nSPS) is 16.0. The molecule has 6 nitrogen and oxygen atoms in total. The number of benzene rings is 2. The number of allylic oxidation sites excluding steroid dienone is 1. The number of esters is 1. The van der Waals surface area contributed by atoms with Crippen molar-refractivity contribution < 1.29 is 19.1 Å². The Labute approximate surface area is 170 Å². The first-order chi connectivity index (χ1) is 14.1. The van der Waals surface area contributed by atoms with E-state index in [1.54, 1.807) is 13.2 Å². The largest absolute Gasteiger partial charge is 0.497 e. The minimum atomic E-state index is -0.535. The number of methoxy groups -OCH3 is 1. The number of hydrogen-bond donors (Lipinski definition) is 0. The predicted molar refractivity (Wildman–Crippen MR) is 111 cm³/mol. The van der Waals surface area contributed by atoms with E-state index >= 15 is 0 Å². The van der Waals surface area contributed by atoms with Gasteiger partial charge in [-0.3, -0.25) is 4.79 Å². The molecule has 1 amide bonds. The SMILES string of the molecule is CC/C=C/C(=O)OCC(=O)N1N=C(c2ccccc2)CC1c1ccc(OC)cc1. The van der Waals surface area contributed by atoms with E-state index in [4.69, 9.17) is 9.47 Å². The van der Waals surface area contributed by atoms with Gasteiger partial charge in [0.15, 0.2) is 6.61 Å². The monoisotopic (exact) mass is 392 g/mol. The van der Waals surface area contributed by atoms with E-state index in [-0.39, 0.29) is 18.6 Å². The maximum absolute atomic E-state index is 12.8. The molecule has 1 aliphatic heterocycles. The molecule has 6 heteroatoms. The molecule has 0 spiro atoms. The molecule has 0 bridgehead atoms. The van der Waals surface area contributed by atoms with Crippen LogP contribution in [0.3, 0.4) is 0 Å². The quantitative estimate of drug-likeness (QED) is 0.530. The Morgan fingerprint density at radius 1 is 1.14 bits per heavy atom. The van der Waals surface area contributed by atoms with Gasteiger partial charge >= 0.3 is 5.97 Å². The minimum Gasteiger partial charge on any atom is -0.497 e. The molecule has 2 aromatic carbocycles. The number of carbonyl (C=O) groups is 2. The van der Waals surface area contributed by atoms with Gasteiger partial charge < -0.3 is 9.47 Å². The number of carbonyl (C=O) groups excluding carboxylic acids is 2. The Hall–Kier alpha value is -3.41. The fraction of sp³-hybridized carbons (Fsp3) is 0.261. The zero-order valence-corrected chi connectivity index (χ0v) is 16.6. The first-order valence-electron chi connectivity index (χ1n) is 9.54. The van der Waals surface area contributed by atoms with Crippen LogP contribution < -0.4 is 4.74 Å². The van der Waals surface area contributed by atoms with Crippen LogP contribution in [0.5, 0.6) is 5.75 Å². The van der Waals surface area contributed by atoms with Crippen molar-refractivity contribution in [2.24, 2.45) is 5.10 Å². The summed E-state index contributed by atoms with van der Waals surface area (Å²) in [5, 5.41) is 5.98. The molecule has 150 valence electrons. The van der Waals surface area contributed by atoms with Crippen LogP contribution in [-0.2, 0) is 14.3 Å². The number of hydrazone groups is 1. The van der Waals surface area contributed by atoms with E-state index in [1.807, 2.05) is 61.5 Å². The van der Waals surface area contributed by atoms with Crippen molar-refractivity contribution in [3.05, 3.63) is 77.9 Å². The molecule has 29 heavy (non-hydrogen) atoms. The van der Waals surface area contributed by atoms with Crippen LogP contribution >= 0.6 is 0 Å². The average molecular weight is 392 g/mol. The lowest BCUT2D eigenvalue weighted by atomic mass is 9.98. The summed E-state index contributed by atoms with van der Waals surface area (Å²) in [7, 11) is 1.61. The highest BCUT2D eigenvalue weighted by molar-refractivity contribution is 6.03. The molecule has 2 aromatic rings. The van der Waals surface area contributed by atoms with Gasteiger partial charge in [-0.2, -0.15) is 5.10 Å². The molecule has 1 atom stereocenters. The van der Waals surface area contributed by atoms with Gasteiger partial charge in [0.05, 0.1) is 18.9 Å². The fourth-order valence-electron chi connectivity index (χ4n) is 3.09. The molecule has 0 radical (unpaired) electrons. The summed E-state index contributed by atoms with van der Waals surface area (Å²) in [6.07, 6.45) is 4.32. The molecular weight excluding hydrogens is 368 g/mol. The molecule has 0 aliphatic carbocycles. The van der Waals surface area contributed by atoms with Crippen LogP contribution in [0.4, 0.5) is 0 Å². The van der Waals surface area contributed by atoms with Crippen LogP contribution in [0.1, 0.15) is 36.9 Å². The molecule has 0 fully saturated rings. The summed E-state index contributed by atoms with van der Waals surface area (Å²) in [6.45, 7) is 1.56. The second-order valence-corrected chi connectivity index (χ2v) is 6.56. The Balaban J connectivity index is 1.81. The summed E-state index contributed by atoms with van der Waals surface area (Å²) in [6, 6.07) is 17.0. The van der Waals surface area contributed by atoms with E-state index in [1.165, 1.54) is 11.1 Å². The molecule has 0 N–H and O–H groups in total. The van der Waals surface area contributed by atoms with Crippen LogP contribution in [0.2, 0.25) is 0 Å². The van der Waals surface area contributed by atoms with Gasteiger partial charge in [0, 0.05) is 12.5 Å². The molecule has 1 unspecified atom stereocenters. The second-order valence-electron chi connectivity index (χ2n) is 6.56. The predicted octanol–water partition coefficient (Wildman–Crippen LogP) is 3.88. The number of hydrogen-bond acceptors (Lipinski definition) is 5. The van der Waals surface area contributed by atoms with Gasteiger partial charge in [-0.25, -0.2) is 9.80 Å². The van der Waals surface area contributed by atoms with E-state index in [2.05, 4.69) is 5.10 Å². The average Bonchev–Trinajstić information content (AvgIpc) is 3.22. The third kappa shape index (κ3) is 5.10. The van der Waals surface area contributed by atoms with Crippen molar-refractivity contribution in [1.82, 2.24) is 5.01 Å². The van der Waals surface area contributed by atoms with Gasteiger partial charge in [0.2, 0.25) is 0 Å². The van der Waals surface area contributed by atoms with Crippen LogP contribution in [0.15, 0.2) is 71.9 Å². The van der Waals surface area contributed by atoms with Gasteiger partial charge in [0.1, 0.15) is 5.75 Å². The zero-order chi connectivity index (χ0) is 20.6. The van der Waals surface area contributed by atoms with Gasteiger partial charge in [-0.15, -0.1) is 0 Å². The molecule has 3 rings (SSSR count). The Kier molecular flexibility index (Phi) is 6.79. The molecule has 0 saturated heterocycles. The summed E-state index contributed by atoms with van der Waals surface area (Å²) in [5.74, 6) is -0.159. The van der Waals surface area contributed by atoms with Gasteiger partial charge in [-0.05, 0) is 29.7 Å². The third-order valence-electron chi connectivity index (χ3n) is 4.60. The lowest BCUT2D eigenvalue weighted by molar-refractivity contribution is -0.149. The lowest BCUT2D eigenvalue weighted by Gasteiger charge is -2.22. The van der Waals surface area contributed by atoms with Crippen molar-refractivity contribution in [2.45, 2.75) is 25.8 Å². The van der Waals surface area contributed by atoms with Crippen LogP contribution in [-0.4, -0.2) is 36.3 Å². The summed E-state index contributed by atoms with van der Waals surface area (Å²) >= 11 is 0. The highest BCUT2D eigenvalue weighted by Crippen LogP contribution is 2.33. The summed E-state index contributed by atoms with van der Waals surface area (Å²) in [5.41, 5.74) is 2.71. The second kappa shape index (κ2) is 9.68. The number of nitrogens with zero attached hydrogens (tertiary/aromatic N) is 2. The van der Waals surface area contributed by atoms with Crippen molar-refractivity contribution in [1.29, 1.82) is 0 Å². The van der Waals surface area contributed by atoms with Crippen molar-refractivity contribution in [2.75, 3.05) is 13.7 Å². The first-order valence-corrected chi connectivity index (χ1v) is 9.54. The van der Waals surface area contributed by atoms with E-state index in [0.29, 0.717) is 6.42 Å². The molecule has 1 heterocycles. The summed E-state index contributed by atoms with van der Waals surface area (Å²) < 4.78 is 10.3. The highest BCUT2D eigenvalue weighted by atomic mass is 16.5. The Morgan fingerprint density at radius 3 is 2.52 bits per heavy atom. The number of amides is 1. The van der Waals surface area contributed by atoms with Gasteiger partial charge in [0.25, 0.3) is 5.91 Å². The van der Waals surface area contributed by atoms with Gasteiger partial charge in [-0.1, -0.05) is 55.5 Å². The maximum Gasteiger partial charge on any atom is 0.330 e.